The third-order valence-corrected chi connectivity index (χ3v) is 4.52. The molecule has 0 spiro atoms. The molecule has 0 aromatic carbocycles. The molecule has 1 aromatic heterocycles. The Morgan fingerprint density at radius 3 is 2.41 bits per heavy atom. The van der Waals surface area contributed by atoms with Gasteiger partial charge in [0.15, 0.2) is 0 Å². The third-order valence-electron chi connectivity index (χ3n) is 4.52. The molecule has 0 unspecified atom stereocenters. The van der Waals surface area contributed by atoms with E-state index in [4.69, 9.17) is 9.26 Å². The lowest BCUT2D eigenvalue weighted by atomic mass is 10.1. The maximum Gasteiger partial charge on any atom is 0.407 e. The molecule has 0 bridgehead atoms. The molecular weight excluding hydrogens is 348 g/mol. The Labute approximate surface area is 161 Å². The van der Waals surface area contributed by atoms with E-state index in [2.05, 4.69) is 15.4 Å². The number of carbonyl (C=O) groups is 2. The first-order valence-corrected chi connectivity index (χ1v) is 9.54. The lowest BCUT2D eigenvalue weighted by molar-refractivity contribution is -0.133. The van der Waals surface area contributed by atoms with Gasteiger partial charge in [-0.05, 0) is 41.0 Å². The van der Waals surface area contributed by atoms with Gasteiger partial charge in [-0.25, -0.2) is 4.79 Å². The Hall–Kier alpha value is -2.09. The molecule has 8 nitrogen and oxygen atoms in total. The van der Waals surface area contributed by atoms with Crippen LogP contribution in [0.1, 0.15) is 50.6 Å². The summed E-state index contributed by atoms with van der Waals surface area (Å²) in [6.45, 7) is 13.7. The second-order valence-electron chi connectivity index (χ2n) is 7.99. The highest BCUT2D eigenvalue weighted by molar-refractivity contribution is 5.76. The second-order valence-corrected chi connectivity index (χ2v) is 7.99. The number of rotatable bonds is 6. The Bertz CT molecular complexity index is 623. The first-order chi connectivity index (χ1) is 12.7. The minimum absolute atomic E-state index is 0.137. The summed E-state index contributed by atoms with van der Waals surface area (Å²) >= 11 is 0. The van der Waals surface area contributed by atoms with Gasteiger partial charge in [-0.2, -0.15) is 0 Å². The van der Waals surface area contributed by atoms with Crippen LogP contribution in [0.15, 0.2) is 4.52 Å². The van der Waals surface area contributed by atoms with Crippen LogP contribution in [0.4, 0.5) is 4.79 Å². The minimum Gasteiger partial charge on any atom is -0.444 e. The van der Waals surface area contributed by atoms with E-state index >= 15 is 0 Å². The van der Waals surface area contributed by atoms with E-state index in [0.29, 0.717) is 19.4 Å². The molecule has 1 aliphatic heterocycles. The summed E-state index contributed by atoms with van der Waals surface area (Å²) in [6.07, 6.45) is 0.597. The zero-order chi connectivity index (χ0) is 20.0. The van der Waals surface area contributed by atoms with Gasteiger partial charge in [-0.15, -0.1) is 0 Å². The van der Waals surface area contributed by atoms with Gasteiger partial charge in [0, 0.05) is 51.3 Å². The monoisotopic (exact) mass is 380 g/mol. The van der Waals surface area contributed by atoms with E-state index < -0.39 is 11.7 Å². The van der Waals surface area contributed by atoms with Gasteiger partial charge in [0.1, 0.15) is 11.4 Å². The number of nitrogens with zero attached hydrogens (tertiary/aromatic N) is 3. The van der Waals surface area contributed by atoms with Crippen molar-refractivity contribution in [2.24, 2.45) is 0 Å². The highest BCUT2D eigenvalue weighted by Gasteiger charge is 2.22. The van der Waals surface area contributed by atoms with Crippen molar-refractivity contribution in [3.8, 4) is 0 Å². The smallest absolute Gasteiger partial charge is 0.407 e. The fourth-order valence-corrected chi connectivity index (χ4v) is 3.01. The number of hydrogen-bond acceptors (Lipinski definition) is 6. The van der Waals surface area contributed by atoms with Crippen LogP contribution >= 0.6 is 0 Å². The van der Waals surface area contributed by atoms with Crippen LogP contribution in [0.25, 0.3) is 0 Å². The van der Waals surface area contributed by atoms with Crippen LogP contribution in [0, 0.1) is 13.8 Å². The molecule has 0 radical (unpaired) electrons. The number of nitrogens with one attached hydrogen (secondary N) is 1. The molecule has 1 N–H and O–H groups in total. The van der Waals surface area contributed by atoms with Crippen molar-refractivity contribution >= 4 is 12.0 Å². The maximum atomic E-state index is 12.3. The summed E-state index contributed by atoms with van der Waals surface area (Å²) < 4.78 is 10.4. The van der Waals surface area contributed by atoms with E-state index in [-0.39, 0.29) is 5.91 Å². The number of aryl methyl sites for hydroxylation is 2. The molecule has 1 fully saturated rings. The van der Waals surface area contributed by atoms with Gasteiger partial charge in [-0.3, -0.25) is 9.69 Å². The van der Waals surface area contributed by atoms with Gasteiger partial charge in [0.25, 0.3) is 0 Å². The van der Waals surface area contributed by atoms with E-state index in [1.165, 1.54) is 0 Å². The van der Waals surface area contributed by atoms with Crippen LogP contribution in [0.3, 0.4) is 0 Å². The Morgan fingerprint density at radius 1 is 1.19 bits per heavy atom. The fourth-order valence-electron chi connectivity index (χ4n) is 3.01. The molecule has 152 valence electrons. The summed E-state index contributed by atoms with van der Waals surface area (Å²) in [5.74, 6) is 1.00. The topological polar surface area (TPSA) is 87.9 Å². The average Bonchev–Trinajstić information content (AvgIpc) is 2.89. The average molecular weight is 380 g/mol. The lowest BCUT2D eigenvalue weighted by Crippen LogP contribution is -2.48. The summed E-state index contributed by atoms with van der Waals surface area (Å²) in [5.41, 5.74) is 1.56. The second kappa shape index (κ2) is 9.21. The largest absolute Gasteiger partial charge is 0.444 e. The first kappa shape index (κ1) is 21.2. The number of aromatic nitrogens is 1. The number of hydrogen-bond donors (Lipinski definition) is 1. The quantitative estimate of drug-likeness (QED) is 0.762. The molecule has 2 rings (SSSR count). The van der Waals surface area contributed by atoms with Crippen LogP contribution < -0.4 is 5.32 Å². The van der Waals surface area contributed by atoms with Gasteiger partial charge < -0.3 is 19.5 Å². The molecule has 1 saturated heterocycles. The van der Waals surface area contributed by atoms with Gasteiger partial charge in [0.2, 0.25) is 5.91 Å². The third kappa shape index (κ3) is 6.86. The number of carbonyl (C=O) groups excluding carboxylic acids is 2. The summed E-state index contributed by atoms with van der Waals surface area (Å²) in [5, 5.41) is 6.68. The first-order valence-electron chi connectivity index (χ1n) is 9.54. The van der Waals surface area contributed by atoms with E-state index in [1.54, 1.807) is 0 Å². The van der Waals surface area contributed by atoms with E-state index in [9.17, 15) is 9.59 Å². The van der Waals surface area contributed by atoms with Crippen molar-refractivity contribution < 1.29 is 18.8 Å². The minimum atomic E-state index is -0.511. The SMILES string of the molecule is Cc1noc(C)c1CN1CCN(C(=O)CCCNC(=O)OC(C)(C)C)CC1. The molecule has 2 amide bonds. The predicted octanol–water partition coefficient (Wildman–Crippen LogP) is 2.24. The molecule has 27 heavy (non-hydrogen) atoms. The van der Waals surface area contributed by atoms with E-state index in [0.717, 1.165) is 49.7 Å². The molecule has 1 aromatic rings. The van der Waals surface area contributed by atoms with Gasteiger partial charge in [-0.1, -0.05) is 5.16 Å². The standard InChI is InChI=1S/C19H32N4O4/c1-14-16(15(2)27-21-14)13-22-9-11-23(12-10-22)17(24)7-6-8-20-18(25)26-19(3,4)5/h6-13H2,1-5H3,(H,20,25). The van der Waals surface area contributed by atoms with Gasteiger partial charge >= 0.3 is 6.09 Å². The number of ether oxygens (including phenoxy) is 1. The highest BCUT2D eigenvalue weighted by Crippen LogP contribution is 2.16. The van der Waals surface area contributed by atoms with Crippen molar-refractivity contribution in [2.75, 3.05) is 32.7 Å². The maximum absolute atomic E-state index is 12.3. The molecule has 2 heterocycles. The van der Waals surface area contributed by atoms with Crippen molar-refractivity contribution in [3.05, 3.63) is 17.0 Å². The Morgan fingerprint density at radius 2 is 1.85 bits per heavy atom. The van der Waals surface area contributed by atoms with Crippen molar-refractivity contribution in [2.45, 2.75) is 59.6 Å². The Balaban J connectivity index is 1.64. The fraction of sp³-hybridized carbons (Fsp3) is 0.737. The zero-order valence-corrected chi connectivity index (χ0v) is 17.1. The van der Waals surface area contributed by atoms with Gasteiger partial charge in [0.05, 0.1) is 5.69 Å². The molecule has 0 aliphatic carbocycles. The van der Waals surface area contributed by atoms with Crippen LogP contribution in [-0.4, -0.2) is 65.3 Å². The van der Waals surface area contributed by atoms with Crippen LogP contribution in [0.5, 0.6) is 0 Å². The zero-order valence-electron chi connectivity index (χ0n) is 17.1. The summed E-state index contributed by atoms with van der Waals surface area (Å²) in [6, 6.07) is 0. The summed E-state index contributed by atoms with van der Waals surface area (Å²) in [4.78, 5) is 28.1. The number of amides is 2. The molecule has 1 aliphatic rings. The molecule has 8 heteroatoms. The predicted molar refractivity (Wildman–Crippen MR) is 101 cm³/mol. The van der Waals surface area contributed by atoms with E-state index in [1.807, 2.05) is 39.5 Å². The molecular formula is C19H32N4O4. The molecule has 0 saturated carbocycles. The summed E-state index contributed by atoms with van der Waals surface area (Å²) in [7, 11) is 0. The normalized spacial score (nSPS) is 15.7. The number of alkyl carbamates (subject to hydrolysis) is 1. The van der Waals surface area contributed by atoms with Crippen LogP contribution in [-0.2, 0) is 16.1 Å². The number of piperazine rings is 1. The van der Waals surface area contributed by atoms with Crippen molar-refractivity contribution in [1.29, 1.82) is 0 Å². The highest BCUT2D eigenvalue weighted by atomic mass is 16.6. The van der Waals surface area contributed by atoms with Crippen molar-refractivity contribution in [3.63, 3.8) is 0 Å². The Kier molecular flexibility index (Phi) is 7.24. The van der Waals surface area contributed by atoms with Crippen molar-refractivity contribution in [1.82, 2.24) is 20.3 Å². The molecule has 0 atom stereocenters. The van der Waals surface area contributed by atoms with Crippen LogP contribution in [0.2, 0.25) is 0 Å². The lowest BCUT2D eigenvalue weighted by Gasteiger charge is -2.34.